The first-order valence-corrected chi connectivity index (χ1v) is 8.62. The molecule has 0 saturated carbocycles. The van der Waals surface area contributed by atoms with Crippen molar-refractivity contribution >= 4 is 0 Å². The molecule has 1 heterocycles. The molecule has 2 aromatic carbocycles. The van der Waals surface area contributed by atoms with E-state index in [4.69, 9.17) is 14.2 Å². The molecule has 140 valence electrons. The number of benzene rings is 2. The Hall–Kier alpha value is -1.80. The van der Waals surface area contributed by atoms with Crippen LogP contribution in [0.2, 0.25) is 0 Å². The van der Waals surface area contributed by atoms with Gasteiger partial charge in [-0.2, -0.15) is 0 Å². The highest BCUT2D eigenvalue weighted by atomic mass is 16.7. The molecule has 5 atom stereocenters. The van der Waals surface area contributed by atoms with Crippen LogP contribution in [-0.4, -0.2) is 52.6 Å². The van der Waals surface area contributed by atoms with Crippen molar-refractivity contribution in [3.8, 4) is 0 Å². The van der Waals surface area contributed by atoms with Crippen LogP contribution in [0.5, 0.6) is 0 Å². The number of aliphatic hydroxyl groups excluding tert-OH is 3. The maximum atomic E-state index is 10.3. The van der Waals surface area contributed by atoms with E-state index < -0.39 is 30.7 Å². The molecule has 0 unspecified atom stereocenters. The monoisotopic (exact) mass is 360 g/mol. The number of hydrogen-bond donors (Lipinski definition) is 3. The third-order valence-electron chi connectivity index (χ3n) is 4.34. The molecule has 2 aromatic rings. The van der Waals surface area contributed by atoms with E-state index in [1.54, 1.807) is 0 Å². The summed E-state index contributed by atoms with van der Waals surface area (Å²) in [6, 6.07) is 19.0. The summed E-state index contributed by atoms with van der Waals surface area (Å²) >= 11 is 0. The minimum Gasteiger partial charge on any atom is -0.387 e. The molecule has 1 aliphatic rings. The Kier molecular flexibility index (Phi) is 6.73. The van der Waals surface area contributed by atoms with Crippen molar-refractivity contribution in [3.63, 3.8) is 0 Å². The van der Waals surface area contributed by atoms with Gasteiger partial charge in [-0.25, -0.2) is 0 Å². The Bertz CT molecular complexity index is 648. The molecule has 1 fully saturated rings. The fourth-order valence-electron chi connectivity index (χ4n) is 2.87. The number of aliphatic hydroxyl groups is 3. The van der Waals surface area contributed by atoms with Crippen molar-refractivity contribution in [2.24, 2.45) is 0 Å². The molecule has 1 saturated heterocycles. The van der Waals surface area contributed by atoms with Gasteiger partial charge in [0.15, 0.2) is 6.29 Å². The fourth-order valence-corrected chi connectivity index (χ4v) is 2.87. The van der Waals surface area contributed by atoms with E-state index >= 15 is 0 Å². The summed E-state index contributed by atoms with van der Waals surface area (Å²) in [5.41, 5.74) is 1.89. The van der Waals surface area contributed by atoms with Crippen LogP contribution < -0.4 is 0 Å². The van der Waals surface area contributed by atoms with Crippen LogP contribution in [-0.2, 0) is 27.4 Å². The Balaban J connectivity index is 1.49. The Labute approximate surface area is 152 Å². The zero-order valence-corrected chi connectivity index (χ0v) is 14.3. The average molecular weight is 360 g/mol. The maximum absolute atomic E-state index is 10.3. The first-order chi connectivity index (χ1) is 12.6. The van der Waals surface area contributed by atoms with Gasteiger partial charge >= 0.3 is 0 Å². The number of ether oxygens (including phenoxy) is 3. The van der Waals surface area contributed by atoms with Crippen LogP contribution in [0.1, 0.15) is 11.1 Å². The van der Waals surface area contributed by atoms with Crippen molar-refractivity contribution in [2.45, 2.75) is 43.9 Å². The van der Waals surface area contributed by atoms with Gasteiger partial charge < -0.3 is 29.5 Å². The van der Waals surface area contributed by atoms with E-state index in [2.05, 4.69) is 0 Å². The van der Waals surface area contributed by atoms with Crippen molar-refractivity contribution in [2.75, 3.05) is 6.61 Å². The van der Waals surface area contributed by atoms with Gasteiger partial charge in [-0.3, -0.25) is 0 Å². The number of hydrogen-bond acceptors (Lipinski definition) is 6. The van der Waals surface area contributed by atoms with Crippen molar-refractivity contribution in [1.82, 2.24) is 0 Å². The molecule has 26 heavy (non-hydrogen) atoms. The van der Waals surface area contributed by atoms with Crippen molar-refractivity contribution in [1.29, 1.82) is 0 Å². The van der Waals surface area contributed by atoms with Gasteiger partial charge in [-0.15, -0.1) is 0 Å². The van der Waals surface area contributed by atoms with E-state index in [0.717, 1.165) is 11.1 Å². The van der Waals surface area contributed by atoms with E-state index in [9.17, 15) is 15.3 Å². The summed E-state index contributed by atoms with van der Waals surface area (Å²) in [5, 5.41) is 30.7. The van der Waals surface area contributed by atoms with E-state index in [1.165, 1.54) is 0 Å². The molecule has 0 aromatic heterocycles. The fraction of sp³-hybridized carbons (Fsp3) is 0.400. The van der Waals surface area contributed by atoms with Crippen LogP contribution in [0.4, 0.5) is 0 Å². The summed E-state index contributed by atoms with van der Waals surface area (Å²) in [7, 11) is 0. The van der Waals surface area contributed by atoms with E-state index in [1.807, 2.05) is 60.7 Å². The third kappa shape index (κ3) is 4.88. The largest absolute Gasteiger partial charge is 0.387 e. The van der Waals surface area contributed by atoms with Gasteiger partial charge in [-0.05, 0) is 11.1 Å². The third-order valence-corrected chi connectivity index (χ3v) is 4.34. The van der Waals surface area contributed by atoms with Crippen molar-refractivity contribution < 1.29 is 29.5 Å². The van der Waals surface area contributed by atoms with Gasteiger partial charge in [0.25, 0.3) is 0 Å². The van der Waals surface area contributed by atoms with E-state index in [-0.39, 0.29) is 13.2 Å². The second kappa shape index (κ2) is 9.23. The van der Waals surface area contributed by atoms with Crippen LogP contribution in [0.3, 0.4) is 0 Å². The lowest BCUT2D eigenvalue weighted by Crippen LogP contribution is -2.59. The average Bonchev–Trinajstić information content (AvgIpc) is 2.67. The predicted molar refractivity (Wildman–Crippen MR) is 94.0 cm³/mol. The Morgan fingerprint density at radius 1 is 0.769 bits per heavy atom. The van der Waals surface area contributed by atoms with Crippen LogP contribution in [0, 0.1) is 0 Å². The summed E-state index contributed by atoms with van der Waals surface area (Å²) in [4.78, 5) is 0. The molecule has 0 spiro atoms. The molecule has 0 bridgehead atoms. The topological polar surface area (TPSA) is 88.4 Å². The molecular formula is C20H24O6. The zero-order chi connectivity index (χ0) is 18.4. The highest BCUT2D eigenvalue weighted by Gasteiger charge is 2.44. The zero-order valence-electron chi connectivity index (χ0n) is 14.3. The highest BCUT2D eigenvalue weighted by Crippen LogP contribution is 2.24. The van der Waals surface area contributed by atoms with Gasteiger partial charge in [-0.1, -0.05) is 60.7 Å². The smallest absolute Gasteiger partial charge is 0.184 e. The maximum Gasteiger partial charge on any atom is 0.184 e. The van der Waals surface area contributed by atoms with Gasteiger partial charge in [0.1, 0.15) is 24.4 Å². The molecule has 0 amide bonds. The lowest BCUT2D eigenvalue weighted by Gasteiger charge is -2.40. The van der Waals surface area contributed by atoms with Gasteiger partial charge in [0.2, 0.25) is 0 Å². The Morgan fingerprint density at radius 2 is 1.35 bits per heavy atom. The lowest BCUT2D eigenvalue weighted by atomic mass is 9.99. The summed E-state index contributed by atoms with van der Waals surface area (Å²) in [6.45, 7) is 0.605. The van der Waals surface area contributed by atoms with Crippen LogP contribution in [0.25, 0.3) is 0 Å². The van der Waals surface area contributed by atoms with E-state index in [0.29, 0.717) is 6.61 Å². The second-order valence-corrected chi connectivity index (χ2v) is 6.31. The molecule has 3 rings (SSSR count). The minimum atomic E-state index is -1.34. The highest BCUT2D eigenvalue weighted by molar-refractivity contribution is 5.14. The molecular weight excluding hydrogens is 336 g/mol. The molecule has 0 radical (unpaired) electrons. The SMILES string of the molecule is O[C@H]1[C@H](O)[C@@H](COCc2ccccc2)O[C@H](O)[C@H]1OCc1ccccc1. The summed E-state index contributed by atoms with van der Waals surface area (Å²) < 4.78 is 16.5. The first kappa shape index (κ1) is 19.0. The molecule has 1 aliphatic heterocycles. The summed E-state index contributed by atoms with van der Waals surface area (Å²) in [6.07, 6.45) is -5.69. The molecule has 6 nitrogen and oxygen atoms in total. The van der Waals surface area contributed by atoms with Crippen LogP contribution in [0.15, 0.2) is 60.7 Å². The minimum absolute atomic E-state index is 0.0512. The van der Waals surface area contributed by atoms with Gasteiger partial charge in [0.05, 0.1) is 19.8 Å². The lowest BCUT2D eigenvalue weighted by molar-refractivity contribution is -0.300. The Morgan fingerprint density at radius 3 is 1.96 bits per heavy atom. The molecule has 0 aliphatic carbocycles. The predicted octanol–water partition coefficient (Wildman–Crippen LogP) is 1.23. The van der Waals surface area contributed by atoms with Gasteiger partial charge in [0, 0.05) is 0 Å². The normalized spacial score (nSPS) is 28.8. The second-order valence-electron chi connectivity index (χ2n) is 6.31. The molecule has 6 heteroatoms. The standard InChI is InChI=1S/C20H24O6/c21-17-16(13-24-11-14-7-3-1-4-8-14)26-20(23)19(18(17)22)25-12-15-9-5-2-6-10-15/h1-10,16-23H,11-13H2/t16-,17-,18+,19+,20+/m1/s1. The summed E-state index contributed by atoms with van der Waals surface area (Å²) in [5.74, 6) is 0. The first-order valence-electron chi connectivity index (χ1n) is 8.62. The number of rotatable bonds is 7. The molecule has 3 N–H and O–H groups in total. The van der Waals surface area contributed by atoms with Crippen LogP contribution >= 0.6 is 0 Å². The quantitative estimate of drug-likeness (QED) is 0.688. The van der Waals surface area contributed by atoms with Crippen molar-refractivity contribution in [3.05, 3.63) is 71.8 Å².